The number of nitrogens with one attached hydrogen (secondary N) is 1. The Morgan fingerprint density at radius 3 is 2.26 bits per heavy atom. The van der Waals surface area contributed by atoms with Crippen LogP contribution in [-0.4, -0.2) is 38.0 Å². The first kappa shape index (κ1) is 17.6. The number of isocyanates is 1. The van der Waals surface area contributed by atoms with E-state index in [1.54, 1.807) is 12.1 Å². The minimum Gasteiger partial charge on any atom is -0.400 e. The van der Waals surface area contributed by atoms with Crippen molar-refractivity contribution in [2.45, 2.75) is 38.9 Å². The average molecular weight is 314 g/mol. The lowest BCUT2D eigenvalue weighted by Crippen LogP contribution is -2.41. The maximum absolute atomic E-state index is 10.3. The minimum absolute atomic E-state index is 0.368. The van der Waals surface area contributed by atoms with E-state index in [4.69, 9.17) is 9.31 Å². The van der Waals surface area contributed by atoms with Crippen molar-refractivity contribution >= 4 is 25.0 Å². The summed E-state index contributed by atoms with van der Waals surface area (Å²) in [6, 6.07) is 7.35. The van der Waals surface area contributed by atoms with Crippen LogP contribution >= 0.6 is 0 Å². The Balaban J connectivity index is 2.26. The maximum Gasteiger partial charge on any atom is 0.491 e. The quantitative estimate of drug-likeness (QED) is 0.516. The molecule has 1 aliphatic heterocycles. The van der Waals surface area contributed by atoms with Crippen LogP contribution in [-0.2, 0) is 14.1 Å². The highest BCUT2D eigenvalue weighted by atomic mass is 16.7. The molecule has 0 atom stereocenters. The molecule has 0 radical (unpaired) electrons. The van der Waals surface area contributed by atoms with E-state index in [1.807, 2.05) is 53.0 Å². The number of hydrogen-bond acceptors (Lipinski definition) is 5. The molecule has 1 heterocycles. The SMILES string of the molecule is CNCC(=Cc1ccc(N=C=O)cc1)B1OC(C)(C)C(C)(C)O1. The molecule has 5 nitrogen and oxygen atoms in total. The summed E-state index contributed by atoms with van der Waals surface area (Å²) >= 11 is 0. The van der Waals surface area contributed by atoms with E-state index in [1.165, 1.54) is 6.08 Å². The van der Waals surface area contributed by atoms with Gasteiger partial charge < -0.3 is 14.6 Å². The number of rotatable bonds is 5. The molecule has 1 aromatic rings. The van der Waals surface area contributed by atoms with Crippen LogP contribution in [0.1, 0.15) is 33.3 Å². The molecule has 1 fully saturated rings. The van der Waals surface area contributed by atoms with E-state index in [0.29, 0.717) is 12.2 Å². The molecule has 0 aromatic heterocycles. The first-order valence-electron chi connectivity index (χ1n) is 7.68. The van der Waals surface area contributed by atoms with Gasteiger partial charge in [-0.05, 0) is 57.9 Å². The van der Waals surface area contributed by atoms with Crippen LogP contribution in [0.25, 0.3) is 6.08 Å². The summed E-state index contributed by atoms with van der Waals surface area (Å²) in [5.41, 5.74) is 1.86. The predicted molar refractivity (Wildman–Crippen MR) is 92.2 cm³/mol. The van der Waals surface area contributed by atoms with Gasteiger partial charge in [0.1, 0.15) is 0 Å². The second-order valence-corrected chi connectivity index (χ2v) is 6.63. The fourth-order valence-electron chi connectivity index (χ4n) is 2.31. The van der Waals surface area contributed by atoms with E-state index in [2.05, 4.69) is 10.3 Å². The second-order valence-electron chi connectivity index (χ2n) is 6.63. The van der Waals surface area contributed by atoms with Crippen LogP contribution in [0.3, 0.4) is 0 Å². The third-order valence-electron chi connectivity index (χ3n) is 4.36. The third kappa shape index (κ3) is 3.98. The molecule has 1 saturated heterocycles. The topological polar surface area (TPSA) is 59.9 Å². The predicted octanol–water partition coefficient (Wildman–Crippen LogP) is 2.89. The van der Waals surface area contributed by atoms with Crippen LogP contribution in [0.5, 0.6) is 0 Å². The van der Waals surface area contributed by atoms with Crippen molar-refractivity contribution in [2.24, 2.45) is 4.99 Å². The van der Waals surface area contributed by atoms with Gasteiger partial charge in [-0.15, -0.1) is 0 Å². The molecule has 1 N–H and O–H groups in total. The molecule has 6 heteroatoms. The summed E-state index contributed by atoms with van der Waals surface area (Å²) in [6.07, 6.45) is 3.57. The minimum atomic E-state index is -0.389. The molecule has 1 aromatic carbocycles. The van der Waals surface area contributed by atoms with Crippen molar-refractivity contribution in [1.82, 2.24) is 5.32 Å². The van der Waals surface area contributed by atoms with E-state index < -0.39 is 0 Å². The highest BCUT2D eigenvalue weighted by Gasteiger charge is 2.52. The standard InChI is InChI=1S/C17H23BN2O3/c1-16(2)17(3,4)23-18(22-16)14(11-19-5)10-13-6-8-15(9-7-13)20-12-21/h6-10,19H,11H2,1-5H3. The monoisotopic (exact) mass is 314 g/mol. The zero-order valence-electron chi connectivity index (χ0n) is 14.3. The van der Waals surface area contributed by atoms with Gasteiger partial charge in [0.2, 0.25) is 6.08 Å². The highest BCUT2D eigenvalue weighted by molar-refractivity contribution is 6.55. The van der Waals surface area contributed by atoms with Crippen molar-refractivity contribution in [2.75, 3.05) is 13.6 Å². The van der Waals surface area contributed by atoms with E-state index in [-0.39, 0.29) is 18.3 Å². The summed E-state index contributed by atoms with van der Waals surface area (Å²) in [5.74, 6) is 0. The van der Waals surface area contributed by atoms with Crippen molar-refractivity contribution in [3.63, 3.8) is 0 Å². The maximum atomic E-state index is 10.3. The van der Waals surface area contributed by atoms with Crippen molar-refractivity contribution in [1.29, 1.82) is 0 Å². The summed E-state index contributed by atoms with van der Waals surface area (Å²) in [6.45, 7) is 8.81. The molecule has 0 saturated carbocycles. The molecule has 0 aliphatic carbocycles. The van der Waals surface area contributed by atoms with Gasteiger partial charge in [-0.25, -0.2) is 4.79 Å². The zero-order valence-corrected chi connectivity index (χ0v) is 14.3. The normalized spacial score (nSPS) is 19.5. The molecule has 1 aliphatic rings. The Labute approximate surface area is 137 Å². The van der Waals surface area contributed by atoms with Crippen LogP contribution in [0, 0.1) is 0 Å². The summed E-state index contributed by atoms with van der Waals surface area (Å²) in [5, 5.41) is 3.15. The van der Waals surface area contributed by atoms with Crippen LogP contribution in [0.4, 0.5) is 5.69 Å². The molecular weight excluding hydrogens is 291 g/mol. The number of hydrogen-bond donors (Lipinski definition) is 1. The lowest BCUT2D eigenvalue weighted by atomic mass is 9.77. The Kier molecular flexibility index (Phi) is 5.22. The lowest BCUT2D eigenvalue weighted by Gasteiger charge is -2.32. The smallest absolute Gasteiger partial charge is 0.400 e. The highest BCUT2D eigenvalue weighted by Crippen LogP contribution is 2.38. The largest absolute Gasteiger partial charge is 0.491 e. The van der Waals surface area contributed by atoms with Crippen LogP contribution < -0.4 is 5.32 Å². The number of benzene rings is 1. The molecule has 0 spiro atoms. The Bertz CT molecular complexity index is 616. The van der Waals surface area contributed by atoms with Gasteiger partial charge in [0.15, 0.2) is 0 Å². The number of carbonyl (C=O) groups excluding carboxylic acids is 1. The molecule has 23 heavy (non-hydrogen) atoms. The number of aliphatic imine (C=N–C) groups is 1. The van der Waals surface area contributed by atoms with Gasteiger partial charge in [-0.1, -0.05) is 18.2 Å². The fraction of sp³-hybridized carbons (Fsp3) is 0.471. The van der Waals surface area contributed by atoms with Gasteiger partial charge in [0, 0.05) is 6.54 Å². The fourth-order valence-corrected chi connectivity index (χ4v) is 2.31. The van der Waals surface area contributed by atoms with Gasteiger partial charge in [-0.3, -0.25) is 0 Å². The second kappa shape index (κ2) is 6.81. The molecule has 2 rings (SSSR count). The van der Waals surface area contributed by atoms with E-state index >= 15 is 0 Å². The molecule has 0 unspecified atom stereocenters. The van der Waals surface area contributed by atoms with Crippen molar-refractivity contribution in [3.05, 3.63) is 35.3 Å². The zero-order chi connectivity index (χ0) is 17.1. The number of nitrogens with zero attached hydrogens (tertiary/aromatic N) is 1. The first-order valence-corrected chi connectivity index (χ1v) is 7.68. The van der Waals surface area contributed by atoms with E-state index in [9.17, 15) is 4.79 Å². The molecule has 0 amide bonds. The van der Waals surface area contributed by atoms with Crippen LogP contribution in [0.15, 0.2) is 34.7 Å². The van der Waals surface area contributed by atoms with Gasteiger partial charge in [0.05, 0.1) is 16.9 Å². The lowest BCUT2D eigenvalue weighted by molar-refractivity contribution is 0.00578. The molecule has 122 valence electrons. The molecular formula is C17H23BN2O3. The van der Waals surface area contributed by atoms with Gasteiger partial charge in [-0.2, -0.15) is 4.99 Å². The van der Waals surface area contributed by atoms with Crippen LogP contribution in [0.2, 0.25) is 0 Å². The van der Waals surface area contributed by atoms with Crippen molar-refractivity contribution < 1.29 is 14.1 Å². The molecule has 0 bridgehead atoms. The summed E-state index contributed by atoms with van der Waals surface area (Å²) in [4.78, 5) is 13.9. The van der Waals surface area contributed by atoms with Gasteiger partial charge >= 0.3 is 7.12 Å². The third-order valence-corrected chi connectivity index (χ3v) is 4.36. The summed E-state index contributed by atoms with van der Waals surface area (Å²) in [7, 11) is 1.50. The Hall–Kier alpha value is -1.72. The summed E-state index contributed by atoms with van der Waals surface area (Å²) < 4.78 is 12.2. The van der Waals surface area contributed by atoms with Gasteiger partial charge in [0.25, 0.3) is 0 Å². The number of likely N-dealkylation sites (N-methyl/N-ethyl adjacent to an activating group) is 1. The Morgan fingerprint density at radius 1 is 1.22 bits per heavy atom. The van der Waals surface area contributed by atoms with Crippen molar-refractivity contribution in [3.8, 4) is 0 Å². The first-order chi connectivity index (χ1) is 10.8. The Morgan fingerprint density at radius 2 is 1.78 bits per heavy atom. The average Bonchev–Trinajstić information content (AvgIpc) is 2.69. The van der Waals surface area contributed by atoms with E-state index in [0.717, 1.165) is 11.0 Å².